The highest BCUT2D eigenvalue weighted by atomic mass is 14.0. The molecule has 0 bridgehead atoms. The van der Waals surface area contributed by atoms with Crippen LogP contribution in [0.5, 0.6) is 0 Å². The fourth-order valence-corrected chi connectivity index (χ4v) is 2.63. The number of unbranched alkanes of at least 4 members (excludes halogenated alkanes) is 14. The van der Waals surface area contributed by atoms with E-state index in [0.29, 0.717) is 0 Å². The summed E-state index contributed by atoms with van der Waals surface area (Å²) in [5.41, 5.74) is 0. The van der Waals surface area contributed by atoms with Crippen LogP contribution in [0, 0.1) is 0 Å². The number of rotatable bonds is 16. The standard InChI is InChI=1S/C12H24.C11H22/c1-3-5-7-9-11-12-10-8-6-4-2;1-3-5-7-9-11-10-8-6-4-2/h3H,1,4-12H2,2H3;3,5H,4,6-11H2,1-2H3. The quantitative estimate of drug-likeness (QED) is 0.196. The minimum absolute atomic E-state index is 1.20. The van der Waals surface area contributed by atoms with E-state index in [9.17, 15) is 0 Å². The van der Waals surface area contributed by atoms with Gasteiger partial charge in [0.25, 0.3) is 0 Å². The Morgan fingerprint density at radius 1 is 0.565 bits per heavy atom. The normalized spacial score (nSPS) is 10.6. The van der Waals surface area contributed by atoms with E-state index in [1.807, 2.05) is 6.08 Å². The molecular formula is C23H46. The Morgan fingerprint density at radius 3 is 1.35 bits per heavy atom. The van der Waals surface area contributed by atoms with E-state index in [-0.39, 0.29) is 0 Å². The maximum Gasteiger partial charge on any atom is -0.0351 e. The molecule has 23 heavy (non-hydrogen) atoms. The van der Waals surface area contributed by atoms with Crippen LogP contribution >= 0.6 is 0 Å². The second-order valence-electron chi connectivity index (χ2n) is 6.68. The van der Waals surface area contributed by atoms with Gasteiger partial charge in [0.2, 0.25) is 0 Å². The van der Waals surface area contributed by atoms with Crippen LogP contribution in [0.25, 0.3) is 0 Å². The molecule has 0 fully saturated rings. The van der Waals surface area contributed by atoms with E-state index in [4.69, 9.17) is 0 Å². The van der Waals surface area contributed by atoms with E-state index in [2.05, 4.69) is 39.5 Å². The van der Waals surface area contributed by atoms with Crippen LogP contribution in [-0.2, 0) is 0 Å². The van der Waals surface area contributed by atoms with Gasteiger partial charge in [-0.2, -0.15) is 0 Å². The van der Waals surface area contributed by atoms with Crippen molar-refractivity contribution in [3.8, 4) is 0 Å². The van der Waals surface area contributed by atoms with Crippen LogP contribution in [0.2, 0.25) is 0 Å². The highest BCUT2D eigenvalue weighted by Gasteiger charge is 1.89. The highest BCUT2D eigenvalue weighted by Crippen LogP contribution is 2.09. The third-order valence-corrected chi connectivity index (χ3v) is 4.22. The summed E-state index contributed by atoms with van der Waals surface area (Å²) in [6.45, 7) is 10.3. The summed E-state index contributed by atoms with van der Waals surface area (Å²) in [6, 6.07) is 0. The molecule has 0 aromatic heterocycles. The molecule has 0 N–H and O–H groups in total. The SMILES string of the molecule is C=CCCCCCCCCCC.CC=CCCCCCCCC. The smallest absolute Gasteiger partial charge is 0.0351 e. The van der Waals surface area contributed by atoms with E-state index in [1.165, 1.54) is 103 Å². The van der Waals surface area contributed by atoms with Gasteiger partial charge in [-0.05, 0) is 32.6 Å². The average molecular weight is 323 g/mol. The first-order chi connectivity index (χ1) is 11.3. The molecular weight excluding hydrogens is 276 g/mol. The molecule has 0 radical (unpaired) electrons. The second-order valence-corrected chi connectivity index (χ2v) is 6.68. The topological polar surface area (TPSA) is 0 Å². The molecule has 0 amide bonds. The van der Waals surface area contributed by atoms with E-state index in [0.717, 1.165) is 0 Å². The third-order valence-electron chi connectivity index (χ3n) is 4.22. The van der Waals surface area contributed by atoms with Crippen LogP contribution in [0.15, 0.2) is 24.8 Å². The van der Waals surface area contributed by atoms with E-state index >= 15 is 0 Å². The molecule has 0 heteroatoms. The lowest BCUT2D eigenvalue weighted by atomic mass is 10.1. The van der Waals surface area contributed by atoms with Gasteiger partial charge in [0.1, 0.15) is 0 Å². The molecule has 0 aliphatic heterocycles. The zero-order chi connectivity index (χ0) is 17.4. The van der Waals surface area contributed by atoms with Crippen molar-refractivity contribution in [3.05, 3.63) is 24.8 Å². The molecule has 0 heterocycles. The van der Waals surface area contributed by atoms with E-state index in [1.54, 1.807) is 0 Å². The number of hydrogen-bond donors (Lipinski definition) is 0. The van der Waals surface area contributed by atoms with Gasteiger partial charge in [0, 0.05) is 0 Å². The van der Waals surface area contributed by atoms with Crippen molar-refractivity contribution < 1.29 is 0 Å². The van der Waals surface area contributed by atoms with Crippen molar-refractivity contribution in [2.24, 2.45) is 0 Å². The van der Waals surface area contributed by atoms with Crippen LogP contribution in [0.1, 0.15) is 124 Å². The van der Waals surface area contributed by atoms with Gasteiger partial charge in [-0.15, -0.1) is 6.58 Å². The van der Waals surface area contributed by atoms with Gasteiger partial charge in [-0.1, -0.05) is 109 Å². The molecule has 0 aliphatic rings. The largest absolute Gasteiger partial charge is 0.103 e. The molecule has 0 aliphatic carbocycles. The summed E-state index contributed by atoms with van der Waals surface area (Å²) in [5, 5.41) is 0. The minimum Gasteiger partial charge on any atom is -0.103 e. The average Bonchev–Trinajstić information content (AvgIpc) is 2.57. The van der Waals surface area contributed by atoms with Gasteiger partial charge in [-0.25, -0.2) is 0 Å². The zero-order valence-corrected chi connectivity index (χ0v) is 16.8. The summed E-state index contributed by atoms with van der Waals surface area (Å²) in [7, 11) is 0. The first-order valence-electron chi connectivity index (χ1n) is 10.5. The highest BCUT2D eigenvalue weighted by molar-refractivity contribution is 4.76. The van der Waals surface area contributed by atoms with Crippen LogP contribution in [0.4, 0.5) is 0 Å². The Labute approximate surface area is 148 Å². The number of allylic oxidation sites excluding steroid dienone is 3. The fourth-order valence-electron chi connectivity index (χ4n) is 2.63. The predicted octanol–water partition coefficient (Wildman–Crippen LogP) is 9.02. The predicted molar refractivity (Wildman–Crippen MR) is 110 cm³/mol. The van der Waals surface area contributed by atoms with Crippen LogP contribution in [-0.4, -0.2) is 0 Å². The number of hydrogen-bond acceptors (Lipinski definition) is 0. The summed E-state index contributed by atoms with van der Waals surface area (Å²) in [5.74, 6) is 0. The third kappa shape index (κ3) is 30.0. The lowest BCUT2D eigenvalue weighted by Crippen LogP contribution is -1.79. The summed E-state index contributed by atoms with van der Waals surface area (Å²) >= 11 is 0. The maximum absolute atomic E-state index is 3.72. The first-order valence-corrected chi connectivity index (χ1v) is 10.5. The van der Waals surface area contributed by atoms with Crippen LogP contribution in [0.3, 0.4) is 0 Å². The van der Waals surface area contributed by atoms with Gasteiger partial charge < -0.3 is 0 Å². The Hall–Kier alpha value is -0.520. The zero-order valence-electron chi connectivity index (χ0n) is 16.8. The van der Waals surface area contributed by atoms with Crippen molar-refractivity contribution in [2.45, 2.75) is 124 Å². The minimum atomic E-state index is 1.20. The van der Waals surface area contributed by atoms with Crippen molar-refractivity contribution >= 4 is 0 Å². The molecule has 0 saturated heterocycles. The van der Waals surface area contributed by atoms with Gasteiger partial charge in [0.15, 0.2) is 0 Å². The summed E-state index contributed by atoms with van der Waals surface area (Å²) in [4.78, 5) is 0. The van der Waals surface area contributed by atoms with Crippen LogP contribution < -0.4 is 0 Å². The molecule has 0 nitrogen and oxygen atoms in total. The monoisotopic (exact) mass is 322 g/mol. The van der Waals surface area contributed by atoms with Gasteiger partial charge in [-0.3, -0.25) is 0 Å². The molecule has 0 unspecified atom stereocenters. The lowest BCUT2D eigenvalue weighted by Gasteiger charge is -1.99. The molecule has 0 spiro atoms. The second kappa shape index (κ2) is 26.4. The maximum atomic E-state index is 3.72. The van der Waals surface area contributed by atoms with Gasteiger partial charge >= 0.3 is 0 Å². The molecule has 0 aromatic rings. The molecule has 0 rings (SSSR count). The molecule has 0 atom stereocenters. The molecule has 0 aromatic carbocycles. The Bertz CT molecular complexity index is 214. The fraction of sp³-hybridized carbons (Fsp3) is 0.826. The van der Waals surface area contributed by atoms with Gasteiger partial charge in [0.05, 0.1) is 0 Å². The van der Waals surface area contributed by atoms with Crippen molar-refractivity contribution in [2.75, 3.05) is 0 Å². The Kier molecular flexibility index (Phi) is 28.4. The van der Waals surface area contributed by atoms with Crippen molar-refractivity contribution in [1.82, 2.24) is 0 Å². The molecule has 138 valence electrons. The van der Waals surface area contributed by atoms with E-state index < -0.39 is 0 Å². The molecule has 0 saturated carbocycles. The lowest BCUT2D eigenvalue weighted by molar-refractivity contribution is 0.578. The Morgan fingerprint density at radius 2 is 0.957 bits per heavy atom. The van der Waals surface area contributed by atoms with Crippen molar-refractivity contribution in [3.63, 3.8) is 0 Å². The first kappa shape index (κ1) is 24.7. The summed E-state index contributed by atoms with van der Waals surface area (Å²) < 4.78 is 0. The van der Waals surface area contributed by atoms with Crippen molar-refractivity contribution in [1.29, 1.82) is 0 Å². The Balaban J connectivity index is 0. The summed E-state index contributed by atoms with van der Waals surface area (Å²) in [6.07, 6.45) is 28.7.